The Labute approximate surface area is 111 Å². The summed E-state index contributed by atoms with van der Waals surface area (Å²) in [5.41, 5.74) is 1.44. The SMILES string of the molecule is CNC(C)(C)C(=O)N(C)c1cc(Br)ccc1C. The van der Waals surface area contributed by atoms with E-state index in [1.54, 1.807) is 19.0 Å². The second kappa shape index (κ2) is 5.19. The molecule has 0 saturated carbocycles. The first-order valence-corrected chi connectivity index (χ1v) is 6.32. The number of halogens is 1. The van der Waals surface area contributed by atoms with E-state index in [0.29, 0.717) is 0 Å². The van der Waals surface area contributed by atoms with E-state index in [1.165, 1.54) is 0 Å². The van der Waals surface area contributed by atoms with E-state index < -0.39 is 5.54 Å². The van der Waals surface area contributed by atoms with E-state index in [1.807, 2.05) is 39.0 Å². The molecule has 4 heteroatoms. The molecule has 1 aromatic carbocycles. The Hall–Kier alpha value is -0.870. The molecule has 1 rings (SSSR count). The number of rotatable bonds is 3. The van der Waals surface area contributed by atoms with Crippen molar-refractivity contribution in [1.82, 2.24) is 5.32 Å². The van der Waals surface area contributed by atoms with Gasteiger partial charge in [-0.1, -0.05) is 22.0 Å². The number of hydrogen-bond donors (Lipinski definition) is 1. The first kappa shape index (κ1) is 14.2. The van der Waals surface area contributed by atoms with Crippen LogP contribution in [0.3, 0.4) is 0 Å². The molecule has 0 fully saturated rings. The van der Waals surface area contributed by atoms with Gasteiger partial charge in [-0.3, -0.25) is 4.79 Å². The Bertz CT molecular complexity index is 429. The molecule has 94 valence electrons. The number of carbonyl (C=O) groups excluding carboxylic acids is 1. The van der Waals surface area contributed by atoms with Crippen LogP contribution in [0.1, 0.15) is 19.4 Å². The average Bonchev–Trinajstić information content (AvgIpc) is 2.30. The van der Waals surface area contributed by atoms with Crippen molar-refractivity contribution in [2.75, 3.05) is 19.0 Å². The number of anilines is 1. The zero-order chi connectivity index (χ0) is 13.2. The van der Waals surface area contributed by atoms with E-state index in [0.717, 1.165) is 15.7 Å². The molecule has 0 aliphatic rings. The maximum absolute atomic E-state index is 12.3. The van der Waals surface area contributed by atoms with Gasteiger partial charge in [-0.2, -0.15) is 0 Å². The largest absolute Gasteiger partial charge is 0.314 e. The summed E-state index contributed by atoms with van der Waals surface area (Å²) in [4.78, 5) is 14.0. The van der Waals surface area contributed by atoms with Gasteiger partial charge in [-0.05, 0) is 45.5 Å². The van der Waals surface area contributed by atoms with Crippen molar-refractivity contribution in [2.24, 2.45) is 0 Å². The first-order valence-electron chi connectivity index (χ1n) is 5.53. The molecule has 0 aliphatic heterocycles. The molecule has 0 unspecified atom stereocenters. The summed E-state index contributed by atoms with van der Waals surface area (Å²) in [5.74, 6) is 0.0428. The van der Waals surface area contributed by atoms with Gasteiger partial charge >= 0.3 is 0 Å². The third-order valence-electron chi connectivity index (χ3n) is 3.00. The molecule has 0 radical (unpaired) electrons. The Morgan fingerprint density at radius 3 is 2.53 bits per heavy atom. The molecule has 3 nitrogen and oxygen atoms in total. The summed E-state index contributed by atoms with van der Waals surface area (Å²) in [7, 11) is 3.59. The Balaban J connectivity index is 3.08. The van der Waals surface area contributed by atoms with Gasteiger partial charge in [0, 0.05) is 17.2 Å². The third kappa shape index (κ3) is 3.07. The van der Waals surface area contributed by atoms with E-state index in [4.69, 9.17) is 0 Å². The number of aryl methyl sites for hydroxylation is 1. The van der Waals surface area contributed by atoms with Crippen LogP contribution in [0.25, 0.3) is 0 Å². The zero-order valence-corrected chi connectivity index (χ0v) is 12.6. The molecule has 0 bridgehead atoms. The van der Waals surface area contributed by atoms with E-state index in [9.17, 15) is 4.79 Å². The first-order chi connectivity index (χ1) is 7.79. The van der Waals surface area contributed by atoms with Crippen LogP contribution in [-0.2, 0) is 4.79 Å². The maximum Gasteiger partial charge on any atom is 0.246 e. The highest BCUT2D eigenvalue weighted by atomic mass is 79.9. The van der Waals surface area contributed by atoms with Crippen LogP contribution >= 0.6 is 15.9 Å². The summed E-state index contributed by atoms with van der Waals surface area (Å²) >= 11 is 3.43. The number of likely N-dealkylation sites (N-methyl/N-ethyl adjacent to an activating group) is 2. The molecule has 17 heavy (non-hydrogen) atoms. The molecule has 0 heterocycles. The quantitative estimate of drug-likeness (QED) is 0.931. The molecule has 0 aromatic heterocycles. The Morgan fingerprint density at radius 1 is 1.41 bits per heavy atom. The van der Waals surface area contributed by atoms with E-state index >= 15 is 0 Å². The van der Waals surface area contributed by atoms with Crippen LogP contribution in [0.5, 0.6) is 0 Å². The lowest BCUT2D eigenvalue weighted by Crippen LogP contribution is -2.51. The third-order valence-corrected chi connectivity index (χ3v) is 3.49. The molecular formula is C13H19BrN2O. The fraction of sp³-hybridized carbons (Fsp3) is 0.462. The highest BCUT2D eigenvalue weighted by Gasteiger charge is 2.29. The smallest absolute Gasteiger partial charge is 0.246 e. The fourth-order valence-electron chi connectivity index (χ4n) is 1.58. The van der Waals surface area contributed by atoms with Gasteiger partial charge in [0.15, 0.2) is 0 Å². The topological polar surface area (TPSA) is 32.3 Å². The van der Waals surface area contributed by atoms with Gasteiger partial charge in [0.1, 0.15) is 0 Å². The fourth-order valence-corrected chi connectivity index (χ4v) is 1.93. The van der Waals surface area contributed by atoms with E-state index in [2.05, 4.69) is 21.2 Å². The number of benzene rings is 1. The van der Waals surface area contributed by atoms with Crippen molar-refractivity contribution in [3.63, 3.8) is 0 Å². The maximum atomic E-state index is 12.3. The van der Waals surface area contributed by atoms with Crippen LogP contribution in [0, 0.1) is 6.92 Å². The van der Waals surface area contributed by atoms with Crippen molar-refractivity contribution in [1.29, 1.82) is 0 Å². The summed E-state index contributed by atoms with van der Waals surface area (Å²) in [6.07, 6.45) is 0. The summed E-state index contributed by atoms with van der Waals surface area (Å²) in [6, 6.07) is 5.93. The number of amides is 1. The lowest BCUT2D eigenvalue weighted by atomic mass is 10.0. The Kier molecular flexibility index (Phi) is 4.33. The van der Waals surface area contributed by atoms with Crippen LogP contribution in [0.15, 0.2) is 22.7 Å². The van der Waals surface area contributed by atoms with Crippen molar-refractivity contribution in [3.8, 4) is 0 Å². The Morgan fingerprint density at radius 2 is 2.00 bits per heavy atom. The van der Waals surface area contributed by atoms with Crippen molar-refractivity contribution in [2.45, 2.75) is 26.3 Å². The number of nitrogens with one attached hydrogen (secondary N) is 1. The summed E-state index contributed by atoms with van der Waals surface area (Å²) in [6.45, 7) is 5.75. The van der Waals surface area contributed by atoms with Gasteiger partial charge in [-0.25, -0.2) is 0 Å². The minimum Gasteiger partial charge on any atom is -0.314 e. The molecule has 1 N–H and O–H groups in total. The van der Waals surface area contributed by atoms with Gasteiger partial charge in [0.05, 0.1) is 5.54 Å². The molecule has 1 aromatic rings. The molecule has 0 atom stereocenters. The van der Waals surface area contributed by atoms with Crippen LogP contribution in [0.4, 0.5) is 5.69 Å². The normalized spacial score (nSPS) is 11.4. The highest BCUT2D eigenvalue weighted by Crippen LogP contribution is 2.25. The second-order valence-electron chi connectivity index (χ2n) is 4.67. The molecule has 0 saturated heterocycles. The summed E-state index contributed by atoms with van der Waals surface area (Å²) in [5, 5.41) is 3.02. The predicted octanol–water partition coefficient (Wildman–Crippen LogP) is 2.72. The monoisotopic (exact) mass is 298 g/mol. The van der Waals surface area contributed by atoms with Gasteiger partial charge in [-0.15, -0.1) is 0 Å². The number of nitrogens with zero attached hydrogens (tertiary/aromatic N) is 1. The molecular weight excluding hydrogens is 280 g/mol. The summed E-state index contributed by atoms with van der Waals surface area (Å²) < 4.78 is 0.972. The number of carbonyl (C=O) groups is 1. The van der Waals surface area contributed by atoms with Gasteiger partial charge in [0.2, 0.25) is 5.91 Å². The van der Waals surface area contributed by atoms with Gasteiger partial charge < -0.3 is 10.2 Å². The molecule has 0 spiro atoms. The standard InChI is InChI=1S/C13H19BrN2O/c1-9-6-7-10(14)8-11(9)16(5)12(17)13(2,3)15-4/h6-8,15H,1-5H3. The zero-order valence-electron chi connectivity index (χ0n) is 11.0. The average molecular weight is 299 g/mol. The second-order valence-corrected chi connectivity index (χ2v) is 5.59. The van der Waals surface area contributed by atoms with Crippen molar-refractivity contribution < 1.29 is 4.79 Å². The molecule has 1 amide bonds. The van der Waals surface area contributed by atoms with Gasteiger partial charge in [0.25, 0.3) is 0 Å². The lowest BCUT2D eigenvalue weighted by Gasteiger charge is -2.30. The van der Waals surface area contributed by atoms with Crippen LogP contribution in [-0.4, -0.2) is 25.5 Å². The molecule has 0 aliphatic carbocycles. The lowest BCUT2D eigenvalue weighted by molar-refractivity contribution is -0.123. The van der Waals surface area contributed by atoms with Crippen molar-refractivity contribution in [3.05, 3.63) is 28.2 Å². The minimum absolute atomic E-state index is 0.0428. The predicted molar refractivity (Wildman–Crippen MR) is 75.4 cm³/mol. The minimum atomic E-state index is -0.566. The van der Waals surface area contributed by atoms with Crippen LogP contribution in [0.2, 0.25) is 0 Å². The highest BCUT2D eigenvalue weighted by molar-refractivity contribution is 9.10. The van der Waals surface area contributed by atoms with E-state index in [-0.39, 0.29) is 5.91 Å². The number of hydrogen-bond acceptors (Lipinski definition) is 2. The van der Waals surface area contributed by atoms with Crippen LogP contribution < -0.4 is 10.2 Å². The van der Waals surface area contributed by atoms with Crippen molar-refractivity contribution >= 4 is 27.5 Å².